The Kier molecular flexibility index (Phi) is 3.24. The van der Waals surface area contributed by atoms with Crippen LogP contribution in [0.1, 0.15) is 11.1 Å². The molecule has 1 N–H and O–H groups in total. The quantitative estimate of drug-likeness (QED) is 0.925. The third-order valence-electron chi connectivity index (χ3n) is 3.15. The first-order chi connectivity index (χ1) is 8.83. The van der Waals surface area contributed by atoms with Crippen LogP contribution in [0.2, 0.25) is 0 Å². The molecule has 0 radical (unpaired) electrons. The topological polar surface area (TPSA) is 21.3 Å². The Hall–Kier alpha value is -1.48. The lowest BCUT2D eigenvalue weighted by molar-refractivity contribution is 0.305. The summed E-state index contributed by atoms with van der Waals surface area (Å²) in [5, 5.41) is 3.38. The van der Waals surface area contributed by atoms with Gasteiger partial charge in [0.05, 0.1) is 0 Å². The number of hydrogen-bond donors (Lipinski definition) is 1. The largest absolute Gasteiger partial charge is 0.489 e. The second kappa shape index (κ2) is 5.02. The average molecular weight is 304 g/mol. The van der Waals surface area contributed by atoms with E-state index in [4.69, 9.17) is 4.74 Å². The van der Waals surface area contributed by atoms with E-state index in [0.717, 1.165) is 23.2 Å². The van der Waals surface area contributed by atoms with Crippen molar-refractivity contribution < 1.29 is 4.74 Å². The fourth-order valence-electron chi connectivity index (χ4n) is 2.27. The van der Waals surface area contributed by atoms with E-state index in [1.165, 1.54) is 16.8 Å². The van der Waals surface area contributed by atoms with Crippen LogP contribution in [0.3, 0.4) is 0 Å². The van der Waals surface area contributed by atoms with Crippen molar-refractivity contribution in [3.05, 3.63) is 58.1 Å². The van der Waals surface area contributed by atoms with Crippen LogP contribution in [0, 0.1) is 0 Å². The van der Waals surface area contributed by atoms with Gasteiger partial charge >= 0.3 is 0 Å². The van der Waals surface area contributed by atoms with E-state index in [1.54, 1.807) is 0 Å². The maximum atomic E-state index is 5.84. The van der Waals surface area contributed by atoms with Crippen molar-refractivity contribution in [3.63, 3.8) is 0 Å². The number of halogens is 1. The summed E-state index contributed by atoms with van der Waals surface area (Å²) in [6.45, 7) is 1.66. The van der Waals surface area contributed by atoms with Gasteiger partial charge in [-0.2, -0.15) is 0 Å². The highest BCUT2D eigenvalue weighted by Crippen LogP contribution is 2.27. The van der Waals surface area contributed by atoms with E-state index < -0.39 is 0 Å². The predicted octanol–water partition coefficient (Wildman–Crippen LogP) is 4.00. The summed E-state index contributed by atoms with van der Waals surface area (Å²) >= 11 is 3.45. The molecule has 2 aromatic carbocycles. The number of nitrogens with one attached hydrogen (secondary N) is 1. The lowest BCUT2D eigenvalue weighted by Gasteiger charge is -2.10. The molecule has 2 nitrogen and oxygen atoms in total. The van der Waals surface area contributed by atoms with Crippen LogP contribution in [0.4, 0.5) is 5.69 Å². The summed E-state index contributed by atoms with van der Waals surface area (Å²) in [6.07, 6.45) is 1.09. The number of rotatable bonds is 3. The summed E-state index contributed by atoms with van der Waals surface area (Å²) in [6, 6.07) is 14.3. The zero-order valence-electron chi connectivity index (χ0n) is 9.95. The van der Waals surface area contributed by atoms with E-state index in [0.29, 0.717) is 6.61 Å². The van der Waals surface area contributed by atoms with E-state index in [2.05, 4.69) is 39.4 Å². The molecule has 18 heavy (non-hydrogen) atoms. The van der Waals surface area contributed by atoms with Crippen molar-refractivity contribution >= 4 is 21.6 Å². The monoisotopic (exact) mass is 303 g/mol. The standard InChI is InChI=1S/C15H14BrNO/c16-12-4-2-5-13(9-12)18-10-11-3-1-6-15-14(11)7-8-17-15/h1-6,9,17H,7-8,10H2. The Labute approximate surface area is 115 Å². The Morgan fingerprint density at radius 1 is 1.17 bits per heavy atom. The average Bonchev–Trinajstić information content (AvgIpc) is 2.85. The Bertz CT molecular complexity index is 568. The van der Waals surface area contributed by atoms with Crippen molar-refractivity contribution in [2.45, 2.75) is 13.0 Å². The molecule has 0 saturated carbocycles. The molecule has 0 atom stereocenters. The SMILES string of the molecule is Brc1cccc(OCc2cccc3c2CCN3)c1. The molecule has 0 fully saturated rings. The molecule has 0 unspecified atom stereocenters. The molecule has 1 aliphatic heterocycles. The Morgan fingerprint density at radius 2 is 2.06 bits per heavy atom. The van der Waals surface area contributed by atoms with Crippen molar-refractivity contribution in [2.75, 3.05) is 11.9 Å². The van der Waals surface area contributed by atoms with Crippen LogP contribution in [0.25, 0.3) is 0 Å². The fourth-order valence-corrected chi connectivity index (χ4v) is 2.65. The Morgan fingerprint density at radius 3 is 2.94 bits per heavy atom. The summed E-state index contributed by atoms with van der Waals surface area (Å²) in [7, 11) is 0. The van der Waals surface area contributed by atoms with Gasteiger partial charge in [0.1, 0.15) is 12.4 Å². The van der Waals surface area contributed by atoms with Crippen molar-refractivity contribution in [3.8, 4) is 5.75 Å². The highest BCUT2D eigenvalue weighted by Gasteiger charge is 2.13. The molecular formula is C15H14BrNO. The smallest absolute Gasteiger partial charge is 0.120 e. The number of benzene rings is 2. The van der Waals surface area contributed by atoms with E-state index >= 15 is 0 Å². The van der Waals surface area contributed by atoms with E-state index in [-0.39, 0.29) is 0 Å². The third-order valence-corrected chi connectivity index (χ3v) is 3.65. The molecule has 2 aromatic rings. The van der Waals surface area contributed by atoms with E-state index in [1.807, 2.05) is 24.3 Å². The molecule has 0 aromatic heterocycles. The molecule has 0 amide bonds. The first-order valence-electron chi connectivity index (χ1n) is 6.06. The molecule has 0 spiro atoms. The number of hydrogen-bond acceptors (Lipinski definition) is 2. The van der Waals surface area contributed by atoms with Gasteiger partial charge in [0, 0.05) is 16.7 Å². The van der Waals surface area contributed by atoms with Crippen molar-refractivity contribution in [1.29, 1.82) is 0 Å². The van der Waals surface area contributed by atoms with Gasteiger partial charge in [-0.15, -0.1) is 0 Å². The lowest BCUT2D eigenvalue weighted by Crippen LogP contribution is -1.99. The normalized spacial score (nSPS) is 12.9. The molecule has 3 heteroatoms. The summed E-state index contributed by atoms with van der Waals surface area (Å²) in [4.78, 5) is 0. The summed E-state index contributed by atoms with van der Waals surface area (Å²) in [5.74, 6) is 0.896. The van der Waals surface area contributed by atoms with Gasteiger partial charge in [-0.1, -0.05) is 34.1 Å². The second-order valence-electron chi connectivity index (χ2n) is 4.37. The Balaban J connectivity index is 1.76. The minimum Gasteiger partial charge on any atom is -0.489 e. The number of ether oxygens (including phenoxy) is 1. The minimum absolute atomic E-state index is 0.626. The second-order valence-corrected chi connectivity index (χ2v) is 5.28. The first-order valence-corrected chi connectivity index (χ1v) is 6.85. The third kappa shape index (κ3) is 2.36. The molecule has 0 bridgehead atoms. The van der Waals surface area contributed by atoms with Crippen LogP contribution in [0.5, 0.6) is 5.75 Å². The van der Waals surface area contributed by atoms with Crippen LogP contribution in [-0.4, -0.2) is 6.54 Å². The van der Waals surface area contributed by atoms with Crippen LogP contribution >= 0.6 is 15.9 Å². The predicted molar refractivity (Wildman–Crippen MR) is 77.1 cm³/mol. The molecule has 1 aliphatic rings. The maximum Gasteiger partial charge on any atom is 0.120 e. The van der Waals surface area contributed by atoms with Crippen molar-refractivity contribution in [2.24, 2.45) is 0 Å². The fraction of sp³-hybridized carbons (Fsp3) is 0.200. The lowest BCUT2D eigenvalue weighted by atomic mass is 10.1. The van der Waals surface area contributed by atoms with E-state index in [9.17, 15) is 0 Å². The van der Waals surface area contributed by atoms with Crippen molar-refractivity contribution in [1.82, 2.24) is 0 Å². The van der Waals surface area contributed by atoms with Crippen LogP contribution in [0.15, 0.2) is 46.9 Å². The summed E-state index contributed by atoms with van der Waals surface area (Å²) < 4.78 is 6.88. The molecular weight excluding hydrogens is 290 g/mol. The van der Waals surface area contributed by atoms with Gasteiger partial charge < -0.3 is 10.1 Å². The van der Waals surface area contributed by atoms with Gasteiger partial charge in [0.2, 0.25) is 0 Å². The molecule has 1 heterocycles. The van der Waals surface area contributed by atoms with Gasteiger partial charge in [-0.05, 0) is 41.8 Å². The van der Waals surface area contributed by atoms with Gasteiger partial charge in [0.25, 0.3) is 0 Å². The van der Waals surface area contributed by atoms with Crippen LogP contribution in [-0.2, 0) is 13.0 Å². The van der Waals surface area contributed by atoms with Crippen LogP contribution < -0.4 is 10.1 Å². The highest BCUT2D eigenvalue weighted by molar-refractivity contribution is 9.10. The minimum atomic E-state index is 0.626. The maximum absolute atomic E-state index is 5.84. The molecule has 0 aliphatic carbocycles. The first kappa shape index (κ1) is 11.6. The van der Waals surface area contributed by atoms with Gasteiger partial charge in [0.15, 0.2) is 0 Å². The van der Waals surface area contributed by atoms with Gasteiger partial charge in [-0.3, -0.25) is 0 Å². The van der Waals surface area contributed by atoms with Gasteiger partial charge in [-0.25, -0.2) is 0 Å². The zero-order valence-corrected chi connectivity index (χ0v) is 11.5. The highest BCUT2D eigenvalue weighted by atomic mass is 79.9. The zero-order chi connectivity index (χ0) is 12.4. The molecule has 92 valence electrons. The summed E-state index contributed by atoms with van der Waals surface area (Å²) in [5.41, 5.74) is 3.93. The number of anilines is 1. The molecule has 0 saturated heterocycles. The number of fused-ring (bicyclic) bond motifs is 1. The molecule has 3 rings (SSSR count).